The molecule has 0 spiro atoms. The van der Waals surface area contributed by atoms with Crippen LogP contribution in [0.4, 0.5) is 0 Å². The van der Waals surface area contributed by atoms with Crippen molar-refractivity contribution in [1.82, 2.24) is 24.3 Å². The molecule has 1 fully saturated rings. The number of nitrogens with zero attached hydrogens (tertiary/aromatic N) is 4. The largest absolute Gasteiger partial charge is 0.476 e. The van der Waals surface area contributed by atoms with Gasteiger partial charge in [0.1, 0.15) is 0 Å². The first-order valence-corrected chi connectivity index (χ1v) is 9.56. The van der Waals surface area contributed by atoms with Gasteiger partial charge in [0, 0.05) is 30.1 Å². The van der Waals surface area contributed by atoms with Crippen molar-refractivity contribution in [2.75, 3.05) is 13.1 Å². The predicted octanol–water partition coefficient (Wildman–Crippen LogP) is 2.20. The number of imidazole rings is 1. The average Bonchev–Trinajstić information content (AvgIpc) is 3.25. The van der Waals surface area contributed by atoms with Crippen LogP contribution in [0.25, 0.3) is 16.9 Å². The van der Waals surface area contributed by atoms with Crippen LogP contribution in [0.2, 0.25) is 0 Å². The summed E-state index contributed by atoms with van der Waals surface area (Å²) in [4.78, 5) is 36.6. The van der Waals surface area contributed by atoms with Crippen LogP contribution in [0, 0.1) is 0 Å². The fourth-order valence-corrected chi connectivity index (χ4v) is 3.92. The molecule has 8 heteroatoms. The van der Waals surface area contributed by atoms with Crippen LogP contribution >= 0.6 is 0 Å². The highest BCUT2D eigenvalue weighted by molar-refractivity contribution is 5.85. The van der Waals surface area contributed by atoms with Gasteiger partial charge in [0.25, 0.3) is 0 Å². The van der Waals surface area contributed by atoms with E-state index in [0.29, 0.717) is 11.7 Å². The number of H-pyrrole nitrogens is 1. The second kappa shape index (κ2) is 7.55. The molecule has 28 heavy (non-hydrogen) atoms. The summed E-state index contributed by atoms with van der Waals surface area (Å²) in [6, 6.07) is 3.82. The fourth-order valence-electron chi connectivity index (χ4n) is 3.92. The lowest BCUT2D eigenvalue weighted by Crippen LogP contribution is -2.28. The minimum atomic E-state index is -1.07. The summed E-state index contributed by atoms with van der Waals surface area (Å²) in [6.07, 6.45) is 8.82. The summed E-state index contributed by atoms with van der Waals surface area (Å²) < 4.78 is 1.81. The lowest BCUT2D eigenvalue weighted by Gasteiger charge is -2.20. The predicted molar refractivity (Wildman–Crippen MR) is 105 cm³/mol. The summed E-state index contributed by atoms with van der Waals surface area (Å²) in [5.41, 5.74) is 2.87. The Morgan fingerprint density at radius 3 is 2.93 bits per heavy atom. The quantitative estimate of drug-likeness (QED) is 0.678. The molecule has 0 radical (unpaired) electrons. The molecule has 4 heterocycles. The van der Waals surface area contributed by atoms with E-state index in [4.69, 9.17) is 0 Å². The molecule has 1 aliphatic heterocycles. The number of pyridine rings is 1. The normalized spacial score (nSPS) is 17.4. The molecule has 0 aliphatic carbocycles. The third kappa shape index (κ3) is 3.55. The number of carboxylic acids is 1. The number of aromatic nitrogens is 4. The van der Waals surface area contributed by atoms with E-state index >= 15 is 0 Å². The maximum Gasteiger partial charge on any atom is 0.356 e. The molecule has 146 valence electrons. The lowest BCUT2D eigenvalue weighted by molar-refractivity contribution is 0.0690. The highest BCUT2D eigenvalue weighted by Crippen LogP contribution is 2.25. The molecule has 1 atom stereocenters. The number of aromatic amines is 1. The number of likely N-dealkylation sites (tertiary alicyclic amines) is 1. The monoisotopic (exact) mass is 381 g/mol. The first kappa shape index (κ1) is 18.4. The van der Waals surface area contributed by atoms with Crippen LogP contribution in [0.3, 0.4) is 0 Å². The van der Waals surface area contributed by atoms with Crippen LogP contribution in [0.5, 0.6) is 0 Å². The van der Waals surface area contributed by atoms with Crippen molar-refractivity contribution >= 4 is 11.6 Å². The molecule has 8 nitrogen and oxygen atoms in total. The van der Waals surface area contributed by atoms with Gasteiger partial charge in [-0.05, 0) is 51.8 Å². The number of aryl methyl sites for hydroxylation is 1. The van der Waals surface area contributed by atoms with E-state index in [9.17, 15) is 14.7 Å². The number of fused-ring (bicyclic) bond motifs is 1. The van der Waals surface area contributed by atoms with Crippen LogP contribution in [-0.2, 0) is 6.42 Å². The zero-order chi connectivity index (χ0) is 19.7. The molecule has 1 saturated heterocycles. The molecule has 2 N–H and O–H groups in total. The summed E-state index contributed by atoms with van der Waals surface area (Å²) in [6.45, 7) is 4.39. The standard InChI is InChI=1S/C20H23N5O3/c1-13-4-2-8-24(13)9-3-5-16-19(14-6-7-18(26)22-10-14)23-17-11-21-15(20(27)28)12-25(16)17/h6-7,10-13H,2-5,8-9H2,1H3,(H,22,26)(H,27,28). The van der Waals surface area contributed by atoms with Crippen molar-refractivity contribution in [3.05, 3.63) is 52.5 Å². The van der Waals surface area contributed by atoms with Crippen molar-refractivity contribution < 1.29 is 9.90 Å². The van der Waals surface area contributed by atoms with Gasteiger partial charge in [-0.1, -0.05) is 0 Å². The number of carboxylic acid groups (broad SMARTS) is 1. The molecule has 0 amide bonds. The van der Waals surface area contributed by atoms with Gasteiger partial charge in [-0.15, -0.1) is 0 Å². The third-order valence-electron chi connectivity index (χ3n) is 5.43. The van der Waals surface area contributed by atoms with Gasteiger partial charge < -0.3 is 15.0 Å². The Morgan fingerprint density at radius 2 is 2.25 bits per heavy atom. The summed E-state index contributed by atoms with van der Waals surface area (Å²) in [5, 5.41) is 9.30. The van der Waals surface area contributed by atoms with E-state index in [0.717, 1.165) is 42.9 Å². The average molecular weight is 381 g/mol. The maximum atomic E-state index is 11.4. The zero-order valence-electron chi connectivity index (χ0n) is 15.8. The Balaban J connectivity index is 1.70. The summed E-state index contributed by atoms with van der Waals surface area (Å²) in [5.74, 6) is -1.07. The Morgan fingerprint density at radius 1 is 1.39 bits per heavy atom. The molecule has 3 aromatic heterocycles. The van der Waals surface area contributed by atoms with E-state index in [-0.39, 0.29) is 11.3 Å². The SMILES string of the molecule is CC1CCCN1CCCc1c(-c2ccc(=O)[nH]c2)nc2cnc(C(=O)O)cn12. The van der Waals surface area contributed by atoms with Crippen LogP contribution in [0.15, 0.2) is 35.5 Å². The lowest BCUT2D eigenvalue weighted by atomic mass is 10.1. The minimum absolute atomic E-state index is 0.0210. The summed E-state index contributed by atoms with van der Waals surface area (Å²) in [7, 11) is 0. The van der Waals surface area contributed by atoms with E-state index < -0.39 is 5.97 Å². The molecule has 0 saturated carbocycles. The molecule has 1 unspecified atom stereocenters. The highest BCUT2D eigenvalue weighted by Gasteiger charge is 2.21. The van der Waals surface area contributed by atoms with Gasteiger partial charge in [-0.2, -0.15) is 0 Å². The smallest absolute Gasteiger partial charge is 0.356 e. The Bertz CT molecular complexity index is 1050. The first-order chi connectivity index (χ1) is 13.5. The number of rotatable bonds is 6. The van der Waals surface area contributed by atoms with E-state index in [1.807, 2.05) is 4.40 Å². The van der Waals surface area contributed by atoms with Gasteiger partial charge in [0.2, 0.25) is 5.56 Å². The molecule has 4 rings (SSSR count). The second-order valence-electron chi connectivity index (χ2n) is 7.29. The Kier molecular flexibility index (Phi) is 4.95. The Labute approximate surface area is 161 Å². The van der Waals surface area contributed by atoms with Gasteiger partial charge in [0.05, 0.1) is 17.6 Å². The van der Waals surface area contributed by atoms with Crippen molar-refractivity contribution in [3.8, 4) is 11.3 Å². The number of aromatic carboxylic acids is 1. The van der Waals surface area contributed by atoms with E-state index in [2.05, 4.69) is 26.8 Å². The number of hydrogen-bond donors (Lipinski definition) is 2. The minimum Gasteiger partial charge on any atom is -0.476 e. The van der Waals surface area contributed by atoms with Gasteiger partial charge in [-0.25, -0.2) is 14.8 Å². The summed E-state index contributed by atoms with van der Waals surface area (Å²) >= 11 is 0. The van der Waals surface area contributed by atoms with Crippen LogP contribution in [-0.4, -0.2) is 54.5 Å². The van der Waals surface area contributed by atoms with Crippen molar-refractivity contribution in [2.45, 2.75) is 38.6 Å². The fraction of sp³-hybridized carbons (Fsp3) is 0.400. The molecular weight excluding hydrogens is 358 g/mol. The van der Waals surface area contributed by atoms with E-state index in [1.54, 1.807) is 12.3 Å². The van der Waals surface area contributed by atoms with Crippen LogP contribution in [0.1, 0.15) is 42.4 Å². The second-order valence-corrected chi connectivity index (χ2v) is 7.29. The first-order valence-electron chi connectivity index (χ1n) is 9.56. The van der Waals surface area contributed by atoms with Gasteiger partial charge in [0.15, 0.2) is 11.3 Å². The molecule has 1 aliphatic rings. The molecule has 0 bridgehead atoms. The highest BCUT2D eigenvalue weighted by atomic mass is 16.4. The van der Waals surface area contributed by atoms with Crippen molar-refractivity contribution in [3.63, 3.8) is 0 Å². The topological polar surface area (TPSA) is 104 Å². The van der Waals surface area contributed by atoms with Crippen LogP contribution < -0.4 is 5.56 Å². The number of nitrogens with one attached hydrogen (secondary N) is 1. The van der Waals surface area contributed by atoms with Crippen molar-refractivity contribution in [1.29, 1.82) is 0 Å². The molecular formula is C20H23N5O3. The molecule has 3 aromatic rings. The van der Waals surface area contributed by atoms with E-state index in [1.165, 1.54) is 31.3 Å². The van der Waals surface area contributed by atoms with Crippen molar-refractivity contribution in [2.24, 2.45) is 0 Å². The van der Waals surface area contributed by atoms with Gasteiger partial charge in [-0.3, -0.25) is 9.20 Å². The maximum absolute atomic E-state index is 11.4. The number of hydrogen-bond acceptors (Lipinski definition) is 5. The zero-order valence-corrected chi connectivity index (χ0v) is 15.8. The molecule has 0 aromatic carbocycles. The third-order valence-corrected chi connectivity index (χ3v) is 5.43. The Hall–Kier alpha value is -3.00. The number of carbonyl (C=O) groups is 1. The van der Waals surface area contributed by atoms with Gasteiger partial charge >= 0.3 is 5.97 Å².